The molecule has 2 rings (SSSR count). The largest absolute Gasteiger partial charge is 0.369 e. The summed E-state index contributed by atoms with van der Waals surface area (Å²) in [5, 5.41) is 0. The Labute approximate surface area is 98.4 Å². The standard InChI is InChI=1S/C14H22N2/c1-10-8-14(2,3)16(4)13-6-5-11(9-15)7-12(10)13/h5-7,10H,8-9,15H2,1-4H3/t10-/m0/s1. The highest BCUT2D eigenvalue weighted by atomic mass is 15.2. The molecule has 88 valence electrons. The van der Waals surface area contributed by atoms with E-state index < -0.39 is 0 Å². The maximum atomic E-state index is 5.70. The van der Waals surface area contributed by atoms with E-state index in [1.165, 1.54) is 23.2 Å². The molecule has 2 heteroatoms. The molecule has 2 N–H and O–H groups in total. The van der Waals surface area contributed by atoms with E-state index in [4.69, 9.17) is 5.73 Å². The summed E-state index contributed by atoms with van der Waals surface area (Å²) in [7, 11) is 2.19. The Hall–Kier alpha value is -1.02. The maximum Gasteiger partial charge on any atom is 0.0403 e. The minimum absolute atomic E-state index is 0.247. The number of nitrogens with two attached hydrogens (primary N) is 1. The molecule has 1 atom stereocenters. The first-order valence-electron chi connectivity index (χ1n) is 6.02. The summed E-state index contributed by atoms with van der Waals surface area (Å²) in [6.07, 6.45) is 1.20. The predicted molar refractivity (Wildman–Crippen MR) is 69.8 cm³/mol. The molecule has 1 aromatic carbocycles. The number of fused-ring (bicyclic) bond motifs is 1. The van der Waals surface area contributed by atoms with Crippen LogP contribution in [0.1, 0.15) is 44.2 Å². The zero-order valence-corrected chi connectivity index (χ0v) is 10.7. The van der Waals surface area contributed by atoms with E-state index in [0.717, 1.165) is 0 Å². The normalized spacial score (nSPS) is 23.1. The Kier molecular flexibility index (Phi) is 2.70. The molecule has 0 spiro atoms. The van der Waals surface area contributed by atoms with Crippen LogP contribution in [0, 0.1) is 0 Å². The summed E-state index contributed by atoms with van der Waals surface area (Å²) >= 11 is 0. The van der Waals surface area contributed by atoms with Gasteiger partial charge in [0.25, 0.3) is 0 Å². The third-order valence-electron chi connectivity index (χ3n) is 3.93. The first-order valence-corrected chi connectivity index (χ1v) is 6.02. The van der Waals surface area contributed by atoms with Crippen LogP contribution >= 0.6 is 0 Å². The van der Waals surface area contributed by atoms with Crippen LogP contribution in [0.25, 0.3) is 0 Å². The molecule has 0 radical (unpaired) electrons. The monoisotopic (exact) mass is 218 g/mol. The third-order valence-corrected chi connectivity index (χ3v) is 3.93. The fourth-order valence-electron chi connectivity index (χ4n) is 2.75. The first kappa shape index (κ1) is 11.5. The van der Waals surface area contributed by atoms with Crippen LogP contribution in [0.3, 0.4) is 0 Å². The SMILES string of the molecule is C[C@H]1CC(C)(C)N(C)c2ccc(CN)cc21. The highest BCUT2D eigenvalue weighted by Gasteiger charge is 2.33. The van der Waals surface area contributed by atoms with Gasteiger partial charge in [-0.1, -0.05) is 19.1 Å². The molecule has 0 fully saturated rings. The minimum atomic E-state index is 0.247. The lowest BCUT2D eigenvalue weighted by atomic mass is 9.80. The molecule has 1 aliphatic heterocycles. The Morgan fingerprint density at radius 2 is 2.12 bits per heavy atom. The number of rotatable bonds is 1. The quantitative estimate of drug-likeness (QED) is 0.785. The number of hydrogen-bond acceptors (Lipinski definition) is 2. The topological polar surface area (TPSA) is 29.3 Å². The van der Waals surface area contributed by atoms with Gasteiger partial charge >= 0.3 is 0 Å². The molecule has 1 aromatic rings. The van der Waals surface area contributed by atoms with Crippen LogP contribution in [-0.2, 0) is 6.54 Å². The van der Waals surface area contributed by atoms with Crippen molar-refractivity contribution in [3.63, 3.8) is 0 Å². The van der Waals surface area contributed by atoms with Gasteiger partial charge in [-0.15, -0.1) is 0 Å². The van der Waals surface area contributed by atoms with E-state index >= 15 is 0 Å². The van der Waals surface area contributed by atoms with Crippen LogP contribution in [0.5, 0.6) is 0 Å². The Balaban J connectivity index is 2.50. The zero-order valence-electron chi connectivity index (χ0n) is 10.7. The van der Waals surface area contributed by atoms with Crippen LogP contribution < -0.4 is 10.6 Å². The molecule has 2 nitrogen and oxygen atoms in total. The van der Waals surface area contributed by atoms with Crippen molar-refractivity contribution >= 4 is 5.69 Å². The lowest BCUT2D eigenvalue weighted by Crippen LogP contribution is -2.45. The molecule has 0 saturated carbocycles. The van der Waals surface area contributed by atoms with Gasteiger partial charge in [0.1, 0.15) is 0 Å². The smallest absolute Gasteiger partial charge is 0.0403 e. The maximum absolute atomic E-state index is 5.70. The second-order valence-electron chi connectivity index (χ2n) is 5.57. The summed E-state index contributed by atoms with van der Waals surface area (Å²) in [5.74, 6) is 0.618. The molecular weight excluding hydrogens is 196 g/mol. The van der Waals surface area contributed by atoms with Crippen LogP contribution in [-0.4, -0.2) is 12.6 Å². The van der Waals surface area contributed by atoms with Crippen molar-refractivity contribution in [2.24, 2.45) is 5.73 Å². The lowest BCUT2D eigenvalue weighted by molar-refractivity contribution is 0.395. The average Bonchev–Trinajstić information content (AvgIpc) is 2.25. The van der Waals surface area contributed by atoms with Crippen LogP contribution in [0.15, 0.2) is 18.2 Å². The Bertz CT molecular complexity index is 396. The van der Waals surface area contributed by atoms with Crippen LogP contribution in [0.4, 0.5) is 5.69 Å². The first-order chi connectivity index (χ1) is 7.45. The van der Waals surface area contributed by atoms with Gasteiger partial charge in [0.15, 0.2) is 0 Å². The fourth-order valence-corrected chi connectivity index (χ4v) is 2.75. The summed E-state index contributed by atoms with van der Waals surface area (Å²) < 4.78 is 0. The molecule has 0 unspecified atom stereocenters. The van der Waals surface area contributed by atoms with Crippen molar-refractivity contribution < 1.29 is 0 Å². The van der Waals surface area contributed by atoms with E-state index in [2.05, 4.69) is 50.9 Å². The molecule has 0 saturated heterocycles. The number of nitrogens with zero attached hydrogens (tertiary/aromatic N) is 1. The Morgan fingerprint density at radius 3 is 2.75 bits per heavy atom. The Morgan fingerprint density at radius 1 is 1.44 bits per heavy atom. The van der Waals surface area contributed by atoms with Gasteiger partial charge in [-0.3, -0.25) is 0 Å². The molecule has 1 aliphatic rings. The van der Waals surface area contributed by atoms with E-state index in [0.29, 0.717) is 12.5 Å². The van der Waals surface area contributed by atoms with Gasteiger partial charge in [-0.2, -0.15) is 0 Å². The van der Waals surface area contributed by atoms with Crippen LogP contribution in [0.2, 0.25) is 0 Å². The van der Waals surface area contributed by atoms with Gasteiger partial charge in [0.2, 0.25) is 0 Å². The van der Waals surface area contributed by atoms with Gasteiger partial charge in [-0.25, -0.2) is 0 Å². The van der Waals surface area contributed by atoms with Crippen molar-refractivity contribution in [1.82, 2.24) is 0 Å². The molecule has 0 aliphatic carbocycles. The second-order valence-corrected chi connectivity index (χ2v) is 5.57. The van der Waals surface area contributed by atoms with Crippen molar-refractivity contribution in [3.8, 4) is 0 Å². The number of benzene rings is 1. The third kappa shape index (κ3) is 1.71. The van der Waals surface area contributed by atoms with Crippen molar-refractivity contribution in [2.45, 2.75) is 45.2 Å². The number of anilines is 1. The van der Waals surface area contributed by atoms with E-state index in [-0.39, 0.29) is 5.54 Å². The van der Waals surface area contributed by atoms with Gasteiger partial charge in [0, 0.05) is 24.8 Å². The predicted octanol–water partition coefficient (Wildman–Crippen LogP) is 2.87. The summed E-state index contributed by atoms with van der Waals surface area (Å²) in [4.78, 5) is 2.39. The molecule has 1 heterocycles. The minimum Gasteiger partial charge on any atom is -0.369 e. The molecule has 0 aromatic heterocycles. The summed E-state index contributed by atoms with van der Waals surface area (Å²) in [6, 6.07) is 6.63. The number of hydrogen-bond donors (Lipinski definition) is 1. The lowest BCUT2D eigenvalue weighted by Gasteiger charge is -2.45. The van der Waals surface area contributed by atoms with Crippen molar-refractivity contribution in [1.29, 1.82) is 0 Å². The molecule has 0 bridgehead atoms. The summed E-state index contributed by atoms with van der Waals surface area (Å²) in [6.45, 7) is 7.56. The highest BCUT2D eigenvalue weighted by molar-refractivity contribution is 5.60. The summed E-state index contributed by atoms with van der Waals surface area (Å²) in [5.41, 5.74) is 10.00. The molecular formula is C14H22N2. The molecule has 16 heavy (non-hydrogen) atoms. The zero-order chi connectivity index (χ0) is 11.9. The molecule has 0 amide bonds. The van der Waals surface area contributed by atoms with Crippen molar-refractivity contribution in [2.75, 3.05) is 11.9 Å². The van der Waals surface area contributed by atoms with E-state index in [1.807, 2.05) is 0 Å². The van der Waals surface area contributed by atoms with Gasteiger partial charge < -0.3 is 10.6 Å². The van der Waals surface area contributed by atoms with E-state index in [9.17, 15) is 0 Å². The highest BCUT2D eigenvalue weighted by Crippen LogP contribution is 2.42. The van der Waals surface area contributed by atoms with E-state index in [1.54, 1.807) is 0 Å². The van der Waals surface area contributed by atoms with Gasteiger partial charge in [-0.05, 0) is 43.4 Å². The fraction of sp³-hybridized carbons (Fsp3) is 0.571. The van der Waals surface area contributed by atoms with Crippen molar-refractivity contribution in [3.05, 3.63) is 29.3 Å². The van der Waals surface area contributed by atoms with Gasteiger partial charge in [0.05, 0.1) is 0 Å². The second kappa shape index (κ2) is 3.77. The average molecular weight is 218 g/mol.